The van der Waals surface area contributed by atoms with Gasteiger partial charge < -0.3 is 10.6 Å². The van der Waals surface area contributed by atoms with Crippen molar-refractivity contribution < 1.29 is 0 Å². The maximum absolute atomic E-state index is 6.05. The number of benzene rings is 2. The van der Waals surface area contributed by atoms with Crippen LogP contribution in [0.25, 0.3) is 0 Å². The van der Waals surface area contributed by atoms with Crippen LogP contribution in [-0.4, -0.2) is 7.05 Å². The van der Waals surface area contributed by atoms with E-state index >= 15 is 0 Å². The second kappa shape index (κ2) is 5.93. The zero-order valence-electron chi connectivity index (χ0n) is 10.0. The van der Waals surface area contributed by atoms with Gasteiger partial charge in [-0.15, -0.1) is 0 Å². The van der Waals surface area contributed by atoms with E-state index in [-0.39, 0.29) is 0 Å². The topological polar surface area (TPSA) is 29.3 Å². The molecule has 0 radical (unpaired) electrons. The first kappa shape index (κ1) is 13.7. The molecule has 0 heterocycles. The summed E-state index contributed by atoms with van der Waals surface area (Å²) in [7, 11) is 2.06. The van der Waals surface area contributed by atoms with Gasteiger partial charge in [-0.2, -0.15) is 0 Å². The fourth-order valence-corrected chi connectivity index (χ4v) is 2.83. The van der Waals surface area contributed by atoms with Gasteiger partial charge in [0.15, 0.2) is 0 Å². The van der Waals surface area contributed by atoms with Crippen molar-refractivity contribution >= 4 is 49.9 Å². The van der Waals surface area contributed by atoms with Gasteiger partial charge in [0.05, 0.1) is 11.4 Å². The van der Waals surface area contributed by atoms with Gasteiger partial charge in [0.1, 0.15) is 0 Å². The third kappa shape index (κ3) is 3.38. The molecule has 0 saturated heterocycles. The molecule has 0 saturated carbocycles. The van der Waals surface area contributed by atoms with E-state index < -0.39 is 0 Å². The third-order valence-corrected chi connectivity index (χ3v) is 3.87. The summed E-state index contributed by atoms with van der Waals surface area (Å²) in [5.74, 6) is 0. The number of halogens is 2. The van der Waals surface area contributed by atoms with Crippen molar-refractivity contribution in [1.29, 1.82) is 0 Å². The fraction of sp³-hybridized carbons (Fsp3) is 0.143. The van der Waals surface area contributed by atoms with Crippen LogP contribution in [0.1, 0.15) is 5.56 Å². The molecule has 0 atom stereocenters. The second-order valence-electron chi connectivity index (χ2n) is 4.19. The average Bonchev–Trinajstić information content (AvgIpc) is 2.28. The Morgan fingerprint density at radius 2 is 2.00 bits per heavy atom. The van der Waals surface area contributed by atoms with Crippen LogP contribution in [0.4, 0.5) is 11.4 Å². The molecule has 2 nitrogen and oxygen atoms in total. The van der Waals surface area contributed by atoms with Crippen LogP contribution in [0, 0.1) is 3.57 Å². The van der Waals surface area contributed by atoms with Crippen LogP contribution < -0.4 is 10.6 Å². The summed E-state index contributed by atoms with van der Waals surface area (Å²) in [5, 5.41) is 0. The lowest BCUT2D eigenvalue weighted by molar-refractivity contribution is 0.924. The number of rotatable bonds is 3. The molecule has 2 aromatic rings. The summed E-state index contributed by atoms with van der Waals surface area (Å²) in [6.45, 7) is 0.838. The van der Waals surface area contributed by atoms with E-state index in [0.29, 0.717) is 0 Å². The smallest absolute Gasteiger partial charge is 0.0601 e. The average molecular weight is 417 g/mol. The Labute approximate surface area is 129 Å². The summed E-state index contributed by atoms with van der Waals surface area (Å²) in [4.78, 5) is 2.16. The van der Waals surface area contributed by atoms with Gasteiger partial charge in [0.2, 0.25) is 0 Å². The molecule has 4 heteroatoms. The van der Waals surface area contributed by atoms with E-state index in [2.05, 4.69) is 74.7 Å². The molecule has 0 bridgehead atoms. The molecule has 94 valence electrons. The molecule has 0 aliphatic heterocycles. The molecule has 2 rings (SSSR count). The minimum atomic E-state index is 0.819. The summed E-state index contributed by atoms with van der Waals surface area (Å²) < 4.78 is 2.26. The Morgan fingerprint density at radius 1 is 1.22 bits per heavy atom. The minimum Gasteiger partial charge on any atom is -0.397 e. The molecule has 0 fully saturated rings. The lowest BCUT2D eigenvalue weighted by Crippen LogP contribution is -2.17. The highest BCUT2D eigenvalue weighted by molar-refractivity contribution is 14.1. The van der Waals surface area contributed by atoms with Gasteiger partial charge in [0.25, 0.3) is 0 Å². The van der Waals surface area contributed by atoms with E-state index in [9.17, 15) is 0 Å². The first-order valence-electron chi connectivity index (χ1n) is 5.57. The molecule has 0 aromatic heterocycles. The Morgan fingerprint density at radius 3 is 2.67 bits per heavy atom. The molecular weight excluding hydrogens is 403 g/mol. The molecule has 2 aromatic carbocycles. The van der Waals surface area contributed by atoms with E-state index in [0.717, 1.165) is 26.0 Å². The summed E-state index contributed by atoms with van der Waals surface area (Å²) in [6, 6.07) is 14.4. The maximum atomic E-state index is 6.05. The Balaban J connectivity index is 2.19. The number of nitrogens with zero attached hydrogens (tertiary/aromatic N) is 1. The summed E-state index contributed by atoms with van der Waals surface area (Å²) in [5.41, 5.74) is 9.19. The minimum absolute atomic E-state index is 0.819. The number of nitrogen functional groups attached to an aromatic ring is 1. The summed E-state index contributed by atoms with van der Waals surface area (Å²) in [6.07, 6.45) is 0. The Hall–Kier alpha value is -0.750. The first-order chi connectivity index (χ1) is 8.56. The molecule has 2 N–H and O–H groups in total. The van der Waals surface area contributed by atoms with Gasteiger partial charge in [-0.05, 0) is 58.5 Å². The van der Waals surface area contributed by atoms with Gasteiger partial charge in [-0.25, -0.2) is 0 Å². The quantitative estimate of drug-likeness (QED) is 0.597. The standard InChI is InChI=1S/C14H14BrIN2/c1-18(9-10-3-2-4-11(15)7-10)14-6-5-12(16)8-13(14)17/h2-8H,9,17H2,1H3. The SMILES string of the molecule is CN(Cc1cccc(Br)c1)c1ccc(I)cc1N. The van der Waals surface area contributed by atoms with Crippen molar-refractivity contribution in [2.45, 2.75) is 6.54 Å². The normalized spacial score (nSPS) is 10.4. The lowest BCUT2D eigenvalue weighted by Gasteiger charge is -2.21. The van der Waals surface area contributed by atoms with E-state index in [4.69, 9.17) is 5.73 Å². The molecular formula is C14H14BrIN2. The van der Waals surface area contributed by atoms with Crippen LogP contribution in [0.3, 0.4) is 0 Å². The first-order valence-corrected chi connectivity index (χ1v) is 7.44. The number of hydrogen-bond acceptors (Lipinski definition) is 2. The number of anilines is 2. The Kier molecular flexibility index (Phi) is 4.50. The van der Waals surface area contributed by atoms with E-state index in [1.807, 2.05) is 18.2 Å². The predicted molar refractivity (Wildman–Crippen MR) is 89.8 cm³/mol. The molecule has 18 heavy (non-hydrogen) atoms. The van der Waals surface area contributed by atoms with E-state index in [1.54, 1.807) is 0 Å². The van der Waals surface area contributed by atoms with Crippen LogP contribution in [0.15, 0.2) is 46.9 Å². The number of nitrogens with two attached hydrogens (primary N) is 1. The maximum Gasteiger partial charge on any atom is 0.0601 e. The predicted octanol–water partition coefficient (Wildman–Crippen LogP) is 4.27. The fourth-order valence-electron chi connectivity index (χ4n) is 1.87. The molecule has 0 aliphatic rings. The van der Waals surface area contributed by atoms with Gasteiger partial charge in [-0.1, -0.05) is 28.1 Å². The zero-order valence-corrected chi connectivity index (χ0v) is 13.8. The van der Waals surface area contributed by atoms with Gasteiger partial charge in [-0.3, -0.25) is 0 Å². The molecule has 0 amide bonds. The van der Waals surface area contributed by atoms with Crippen LogP contribution >= 0.6 is 38.5 Å². The molecule has 0 unspecified atom stereocenters. The highest BCUT2D eigenvalue weighted by Gasteiger charge is 2.06. The third-order valence-electron chi connectivity index (χ3n) is 2.71. The van der Waals surface area contributed by atoms with Crippen molar-refractivity contribution in [2.75, 3.05) is 17.7 Å². The van der Waals surface area contributed by atoms with Crippen molar-refractivity contribution in [3.05, 3.63) is 56.1 Å². The van der Waals surface area contributed by atoms with Crippen molar-refractivity contribution in [3.8, 4) is 0 Å². The van der Waals surface area contributed by atoms with Gasteiger partial charge >= 0.3 is 0 Å². The van der Waals surface area contributed by atoms with Crippen molar-refractivity contribution in [1.82, 2.24) is 0 Å². The van der Waals surface area contributed by atoms with Crippen LogP contribution in [0.2, 0.25) is 0 Å². The second-order valence-corrected chi connectivity index (χ2v) is 6.35. The summed E-state index contributed by atoms with van der Waals surface area (Å²) >= 11 is 5.76. The van der Waals surface area contributed by atoms with Crippen LogP contribution in [0.5, 0.6) is 0 Å². The lowest BCUT2D eigenvalue weighted by atomic mass is 10.2. The molecule has 0 spiro atoms. The van der Waals surface area contributed by atoms with Crippen molar-refractivity contribution in [2.24, 2.45) is 0 Å². The van der Waals surface area contributed by atoms with Gasteiger partial charge in [0, 0.05) is 21.6 Å². The zero-order chi connectivity index (χ0) is 13.1. The highest BCUT2D eigenvalue weighted by atomic mass is 127. The largest absolute Gasteiger partial charge is 0.397 e. The number of hydrogen-bond donors (Lipinski definition) is 1. The Bertz CT molecular complexity index is 557. The monoisotopic (exact) mass is 416 g/mol. The highest BCUT2D eigenvalue weighted by Crippen LogP contribution is 2.25. The van der Waals surface area contributed by atoms with E-state index in [1.165, 1.54) is 5.56 Å². The van der Waals surface area contributed by atoms with Crippen molar-refractivity contribution in [3.63, 3.8) is 0 Å². The molecule has 0 aliphatic carbocycles. The van der Waals surface area contributed by atoms with Crippen LogP contribution in [-0.2, 0) is 6.54 Å².